The number of nitrogens with one attached hydrogen (secondary N) is 1. The van der Waals surface area contributed by atoms with Crippen LogP contribution in [-0.4, -0.2) is 17.0 Å². The monoisotopic (exact) mass is 343 g/mol. The fourth-order valence-electron chi connectivity index (χ4n) is 2.14. The van der Waals surface area contributed by atoms with Gasteiger partial charge in [-0.15, -0.1) is 0 Å². The molecule has 0 aromatic heterocycles. The van der Waals surface area contributed by atoms with Gasteiger partial charge in [0.05, 0.1) is 5.41 Å². The number of benzene rings is 2. The summed E-state index contributed by atoms with van der Waals surface area (Å²) in [6, 6.07) is 15.9. The van der Waals surface area contributed by atoms with Crippen molar-refractivity contribution in [3.8, 4) is 0 Å². The summed E-state index contributed by atoms with van der Waals surface area (Å²) in [7, 11) is 0. The van der Waals surface area contributed by atoms with Crippen LogP contribution in [0, 0.1) is 12.3 Å². The fourth-order valence-corrected chi connectivity index (χ4v) is 3.07. The summed E-state index contributed by atoms with van der Waals surface area (Å²) in [6.45, 7) is 5.01. The van der Waals surface area contributed by atoms with Crippen molar-refractivity contribution in [2.45, 2.75) is 37.0 Å². The quantitative estimate of drug-likeness (QED) is 0.805. The Morgan fingerprint density at radius 1 is 1.08 bits per heavy atom. The van der Waals surface area contributed by atoms with Crippen molar-refractivity contribution in [2.75, 3.05) is 5.32 Å². The molecule has 2 rings (SSSR count). The van der Waals surface area contributed by atoms with E-state index >= 15 is 0 Å². The minimum Gasteiger partial charge on any atom is -0.481 e. The number of carbonyl (C=O) groups is 2. The normalized spacial score (nSPS) is 11.1. The zero-order valence-corrected chi connectivity index (χ0v) is 14.8. The summed E-state index contributed by atoms with van der Waals surface area (Å²) in [6.07, 6.45) is -0.0672. The molecule has 0 aliphatic heterocycles. The van der Waals surface area contributed by atoms with Crippen LogP contribution in [0.2, 0.25) is 0 Å². The summed E-state index contributed by atoms with van der Waals surface area (Å²) >= 11 is 1.65. The van der Waals surface area contributed by atoms with E-state index in [1.165, 1.54) is 0 Å². The van der Waals surface area contributed by atoms with E-state index in [1.54, 1.807) is 25.6 Å². The van der Waals surface area contributed by atoms with E-state index in [0.29, 0.717) is 5.69 Å². The first kappa shape index (κ1) is 18.1. The van der Waals surface area contributed by atoms with Crippen molar-refractivity contribution in [1.29, 1.82) is 0 Å². The molecule has 2 aromatic carbocycles. The molecule has 0 unspecified atom stereocenters. The number of carboxylic acid groups (broad SMARTS) is 1. The molecule has 0 aliphatic carbocycles. The standard InChI is InChI=1S/C19H21NO3S/c1-13-11-15(24-14-7-5-4-6-8-14)9-10-16(13)20-17(21)12-19(2,3)18(22)23/h4-11H,12H2,1-3H3,(H,20,21)(H,22,23). The number of carbonyl (C=O) groups excluding carboxylic acids is 1. The Morgan fingerprint density at radius 2 is 1.75 bits per heavy atom. The molecular weight excluding hydrogens is 322 g/mol. The van der Waals surface area contributed by atoms with Crippen molar-refractivity contribution in [3.05, 3.63) is 54.1 Å². The number of rotatable bonds is 6. The lowest BCUT2D eigenvalue weighted by Crippen LogP contribution is -2.29. The predicted molar refractivity (Wildman–Crippen MR) is 96.4 cm³/mol. The van der Waals surface area contributed by atoms with Gasteiger partial charge in [0.25, 0.3) is 0 Å². The number of amides is 1. The van der Waals surface area contributed by atoms with Gasteiger partial charge < -0.3 is 10.4 Å². The first-order valence-corrected chi connectivity index (χ1v) is 8.46. The van der Waals surface area contributed by atoms with E-state index in [2.05, 4.69) is 5.32 Å². The maximum Gasteiger partial charge on any atom is 0.309 e. The van der Waals surface area contributed by atoms with E-state index in [1.807, 2.05) is 55.5 Å². The van der Waals surface area contributed by atoms with E-state index in [9.17, 15) is 9.59 Å². The van der Waals surface area contributed by atoms with Crippen LogP contribution in [0.15, 0.2) is 58.3 Å². The van der Waals surface area contributed by atoms with Gasteiger partial charge in [0.2, 0.25) is 5.91 Å². The van der Waals surface area contributed by atoms with Crippen LogP contribution in [-0.2, 0) is 9.59 Å². The Balaban J connectivity index is 2.05. The number of aliphatic carboxylic acids is 1. The molecule has 4 nitrogen and oxygen atoms in total. The van der Waals surface area contributed by atoms with Crippen LogP contribution in [0.4, 0.5) is 5.69 Å². The van der Waals surface area contributed by atoms with E-state index in [0.717, 1.165) is 15.4 Å². The molecule has 5 heteroatoms. The third-order valence-electron chi connectivity index (χ3n) is 3.63. The molecule has 0 saturated heterocycles. The van der Waals surface area contributed by atoms with Gasteiger partial charge in [-0.2, -0.15) is 0 Å². The van der Waals surface area contributed by atoms with Crippen molar-refractivity contribution in [3.63, 3.8) is 0 Å². The Labute approximate surface area is 146 Å². The first-order valence-electron chi connectivity index (χ1n) is 7.65. The summed E-state index contributed by atoms with van der Waals surface area (Å²) < 4.78 is 0. The molecule has 0 aliphatic rings. The molecular formula is C19H21NO3S. The van der Waals surface area contributed by atoms with E-state index in [4.69, 9.17) is 5.11 Å². The van der Waals surface area contributed by atoms with Gasteiger partial charge in [0.15, 0.2) is 0 Å². The zero-order chi connectivity index (χ0) is 17.7. The molecule has 0 fully saturated rings. The van der Waals surface area contributed by atoms with Crippen LogP contribution in [0.25, 0.3) is 0 Å². The maximum atomic E-state index is 12.1. The number of hydrogen-bond acceptors (Lipinski definition) is 3. The molecule has 0 radical (unpaired) electrons. The van der Waals surface area contributed by atoms with Crippen LogP contribution in [0.1, 0.15) is 25.8 Å². The second-order valence-corrected chi connectivity index (χ2v) is 7.45. The van der Waals surface area contributed by atoms with Crippen molar-refractivity contribution in [1.82, 2.24) is 0 Å². The number of aryl methyl sites for hydroxylation is 1. The van der Waals surface area contributed by atoms with Crippen LogP contribution in [0.5, 0.6) is 0 Å². The molecule has 0 bridgehead atoms. The first-order chi connectivity index (χ1) is 11.3. The summed E-state index contributed by atoms with van der Waals surface area (Å²) in [5, 5.41) is 11.9. The Kier molecular flexibility index (Phi) is 5.67. The highest BCUT2D eigenvalue weighted by molar-refractivity contribution is 7.99. The summed E-state index contributed by atoms with van der Waals surface area (Å²) in [5.74, 6) is -1.28. The van der Waals surface area contributed by atoms with Gasteiger partial charge in [-0.05, 0) is 56.7 Å². The lowest BCUT2D eigenvalue weighted by Gasteiger charge is -2.18. The predicted octanol–water partition coefficient (Wildman–Crippen LogP) is 4.59. The molecule has 0 spiro atoms. The van der Waals surface area contributed by atoms with Gasteiger partial charge in [0.1, 0.15) is 0 Å². The second kappa shape index (κ2) is 7.53. The SMILES string of the molecule is Cc1cc(Sc2ccccc2)ccc1NC(=O)CC(C)(C)C(=O)O. The number of carboxylic acids is 1. The minimum absolute atomic E-state index is 0.0672. The Bertz CT molecular complexity index is 742. The zero-order valence-electron chi connectivity index (χ0n) is 14.0. The Hall–Kier alpha value is -2.27. The fraction of sp³-hybridized carbons (Fsp3) is 0.263. The molecule has 0 heterocycles. The van der Waals surface area contributed by atoms with Gasteiger partial charge in [-0.1, -0.05) is 30.0 Å². The van der Waals surface area contributed by atoms with Gasteiger partial charge >= 0.3 is 5.97 Å². The molecule has 24 heavy (non-hydrogen) atoms. The number of anilines is 1. The van der Waals surface area contributed by atoms with Gasteiger partial charge in [-0.3, -0.25) is 9.59 Å². The Morgan fingerprint density at radius 3 is 2.33 bits per heavy atom. The van der Waals surface area contributed by atoms with Crippen LogP contribution >= 0.6 is 11.8 Å². The molecule has 0 atom stereocenters. The third kappa shape index (κ3) is 4.86. The molecule has 2 N–H and O–H groups in total. The second-order valence-electron chi connectivity index (χ2n) is 6.31. The third-order valence-corrected chi connectivity index (χ3v) is 4.63. The molecule has 0 saturated carbocycles. The average Bonchev–Trinajstić information content (AvgIpc) is 2.50. The highest BCUT2D eigenvalue weighted by Crippen LogP contribution is 2.30. The van der Waals surface area contributed by atoms with Crippen molar-refractivity contribution < 1.29 is 14.7 Å². The van der Waals surface area contributed by atoms with Crippen molar-refractivity contribution >= 4 is 29.3 Å². The molecule has 1 amide bonds. The smallest absolute Gasteiger partial charge is 0.309 e. The highest BCUT2D eigenvalue weighted by atomic mass is 32.2. The minimum atomic E-state index is -1.08. The van der Waals surface area contributed by atoms with Gasteiger partial charge in [-0.25, -0.2) is 0 Å². The molecule has 126 valence electrons. The van der Waals surface area contributed by atoms with Crippen LogP contribution < -0.4 is 5.32 Å². The number of hydrogen-bond donors (Lipinski definition) is 2. The van der Waals surface area contributed by atoms with Crippen molar-refractivity contribution in [2.24, 2.45) is 5.41 Å². The molecule has 2 aromatic rings. The van der Waals surface area contributed by atoms with Gasteiger partial charge in [0, 0.05) is 21.9 Å². The van der Waals surface area contributed by atoms with E-state index < -0.39 is 11.4 Å². The lowest BCUT2D eigenvalue weighted by atomic mass is 9.89. The lowest BCUT2D eigenvalue weighted by molar-refractivity contribution is -0.148. The highest BCUT2D eigenvalue weighted by Gasteiger charge is 2.30. The van der Waals surface area contributed by atoms with Crippen LogP contribution in [0.3, 0.4) is 0 Å². The summed E-state index contributed by atoms with van der Waals surface area (Å²) in [4.78, 5) is 25.4. The topological polar surface area (TPSA) is 66.4 Å². The maximum absolute atomic E-state index is 12.1. The average molecular weight is 343 g/mol. The summed E-state index contributed by atoms with van der Waals surface area (Å²) in [5.41, 5.74) is 0.567. The largest absolute Gasteiger partial charge is 0.481 e. The van der Waals surface area contributed by atoms with E-state index in [-0.39, 0.29) is 12.3 Å².